The lowest BCUT2D eigenvalue weighted by molar-refractivity contribution is -0.127. The second kappa shape index (κ2) is 9.92. The quantitative estimate of drug-likeness (QED) is 0.772. The predicted molar refractivity (Wildman–Crippen MR) is 116 cm³/mol. The summed E-state index contributed by atoms with van der Waals surface area (Å²) in [5.41, 5.74) is 0.687. The zero-order valence-corrected chi connectivity index (χ0v) is 18.1. The van der Waals surface area contributed by atoms with Gasteiger partial charge >= 0.3 is 0 Å². The summed E-state index contributed by atoms with van der Waals surface area (Å²) in [5.74, 6) is 0.569. The predicted octanol–water partition coefficient (Wildman–Crippen LogP) is 4.25. The van der Waals surface area contributed by atoms with E-state index < -0.39 is 0 Å². The minimum absolute atomic E-state index is 0.00241. The molecule has 2 aromatic rings. The van der Waals surface area contributed by atoms with Crippen LogP contribution < -0.4 is 5.32 Å². The standard InChI is InChI=1S/C23H29N3O2S/c1-16(2)17(3)25-22(27)18-11-14-26(15-12-18)23(28)19-7-9-20(10-8-19)29-21-6-4-5-13-24-21/h4-10,13,16-18H,11-12,14-15H2,1-3H3,(H,25,27). The second-order valence-corrected chi connectivity index (χ2v) is 9.00. The van der Waals surface area contributed by atoms with Gasteiger partial charge in [0.25, 0.3) is 5.91 Å². The highest BCUT2D eigenvalue weighted by molar-refractivity contribution is 7.99. The molecule has 1 aromatic carbocycles. The molecule has 1 aromatic heterocycles. The molecule has 0 spiro atoms. The number of aromatic nitrogens is 1. The van der Waals surface area contributed by atoms with Gasteiger partial charge in [0, 0.05) is 41.7 Å². The Morgan fingerprint density at radius 1 is 1.07 bits per heavy atom. The van der Waals surface area contributed by atoms with E-state index in [1.165, 1.54) is 0 Å². The van der Waals surface area contributed by atoms with Gasteiger partial charge in [-0.1, -0.05) is 31.7 Å². The molecule has 1 fully saturated rings. The number of pyridine rings is 1. The second-order valence-electron chi connectivity index (χ2n) is 7.90. The highest BCUT2D eigenvalue weighted by atomic mass is 32.2. The Morgan fingerprint density at radius 3 is 2.34 bits per heavy atom. The molecule has 1 atom stereocenters. The Morgan fingerprint density at radius 2 is 1.76 bits per heavy atom. The van der Waals surface area contributed by atoms with Crippen LogP contribution in [0.15, 0.2) is 58.6 Å². The SMILES string of the molecule is CC(C)C(C)NC(=O)C1CCN(C(=O)c2ccc(Sc3ccccn3)cc2)CC1. The van der Waals surface area contributed by atoms with Crippen molar-refractivity contribution in [1.82, 2.24) is 15.2 Å². The molecule has 154 valence electrons. The van der Waals surface area contributed by atoms with E-state index in [0.717, 1.165) is 22.8 Å². The Kier molecular flexibility index (Phi) is 7.31. The van der Waals surface area contributed by atoms with E-state index in [1.807, 2.05) is 54.3 Å². The lowest BCUT2D eigenvalue weighted by Gasteiger charge is -2.32. The molecule has 0 bridgehead atoms. The summed E-state index contributed by atoms with van der Waals surface area (Å²) in [4.78, 5) is 32.5. The number of carbonyl (C=O) groups is 2. The van der Waals surface area contributed by atoms with Crippen molar-refractivity contribution in [2.75, 3.05) is 13.1 Å². The molecule has 1 saturated heterocycles. The molecule has 6 heteroatoms. The number of benzene rings is 1. The number of hydrogen-bond donors (Lipinski definition) is 1. The third kappa shape index (κ3) is 5.82. The van der Waals surface area contributed by atoms with Gasteiger partial charge in [0.1, 0.15) is 5.03 Å². The van der Waals surface area contributed by atoms with Crippen molar-refractivity contribution in [2.45, 2.75) is 49.6 Å². The van der Waals surface area contributed by atoms with E-state index in [1.54, 1.807) is 18.0 Å². The van der Waals surface area contributed by atoms with Crippen LogP contribution in [-0.2, 0) is 4.79 Å². The number of carbonyl (C=O) groups excluding carboxylic acids is 2. The zero-order chi connectivity index (χ0) is 20.8. The van der Waals surface area contributed by atoms with E-state index in [2.05, 4.69) is 24.1 Å². The highest BCUT2D eigenvalue weighted by Crippen LogP contribution is 2.26. The highest BCUT2D eigenvalue weighted by Gasteiger charge is 2.28. The van der Waals surface area contributed by atoms with Crippen molar-refractivity contribution in [3.63, 3.8) is 0 Å². The molecule has 0 aliphatic carbocycles. The summed E-state index contributed by atoms with van der Waals surface area (Å²) in [6.45, 7) is 7.49. The van der Waals surface area contributed by atoms with Gasteiger partial charge < -0.3 is 10.2 Å². The molecular weight excluding hydrogens is 382 g/mol. The molecule has 1 aliphatic rings. The number of nitrogens with zero attached hydrogens (tertiary/aromatic N) is 2. The molecule has 1 unspecified atom stereocenters. The molecular formula is C23H29N3O2S. The molecule has 1 N–H and O–H groups in total. The molecule has 29 heavy (non-hydrogen) atoms. The number of amides is 2. The van der Waals surface area contributed by atoms with Gasteiger partial charge in [0.05, 0.1) is 0 Å². The van der Waals surface area contributed by atoms with Gasteiger partial charge in [0.15, 0.2) is 0 Å². The number of piperidine rings is 1. The Labute approximate surface area is 177 Å². The molecule has 2 amide bonds. The minimum Gasteiger partial charge on any atom is -0.353 e. The van der Waals surface area contributed by atoms with E-state index in [4.69, 9.17) is 0 Å². The van der Waals surface area contributed by atoms with Crippen LogP contribution >= 0.6 is 11.8 Å². The summed E-state index contributed by atoms with van der Waals surface area (Å²) in [6.07, 6.45) is 3.21. The first-order valence-corrected chi connectivity index (χ1v) is 11.0. The first kappa shape index (κ1) is 21.4. The van der Waals surface area contributed by atoms with E-state index in [0.29, 0.717) is 24.6 Å². The van der Waals surface area contributed by atoms with Crippen LogP contribution in [0.2, 0.25) is 0 Å². The fourth-order valence-electron chi connectivity index (χ4n) is 3.23. The molecule has 5 nitrogen and oxygen atoms in total. The average Bonchev–Trinajstić information content (AvgIpc) is 2.74. The van der Waals surface area contributed by atoms with Crippen molar-refractivity contribution < 1.29 is 9.59 Å². The van der Waals surface area contributed by atoms with E-state index in [-0.39, 0.29) is 23.8 Å². The average molecular weight is 412 g/mol. The van der Waals surface area contributed by atoms with Gasteiger partial charge in [0.2, 0.25) is 5.91 Å². The van der Waals surface area contributed by atoms with Gasteiger partial charge in [-0.15, -0.1) is 0 Å². The fraction of sp³-hybridized carbons (Fsp3) is 0.435. The van der Waals surface area contributed by atoms with Crippen LogP contribution in [0.5, 0.6) is 0 Å². The number of nitrogens with one attached hydrogen (secondary N) is 1. The lowest BCUT2D eigenvalue weighted by atomic mass is 9.94. The van der Waals surface area contributed by atoms with E-state index in [9.17, 15) is 9.59 Å². The number of rotatable bonds is 6. The van der Waals surface area contributed by atoms with E-state index >= 15 is 0 Å². The Bertz CT molecular complexity index is 816. The Balaban J connectivity index is 1.52. The first-order chi connectivity index (χ1) is 13.9. The Hall–Kier alpha value is -2.34. The van der Waals surface area contributed by atoms with Crippen molar-refractivity contribution in [3.05, 3.63) is 54.2 Å². The summed E-state index contributed by atoms with van der Waals surface area (Å²) < 4.78 is 0. The molecule has 3 rings (SSSR count). The maximum absolute atomic E-state index is 12.8. The van der Waals surface area contributed by atoms with Crippen LogP contribution in [0.1, 0.15) is 44.0 Å². The molecule has 2 heterocycles. The maximum Gasteiger partial charge on any atom is 0.253 e. The van der Waals surface area contributed by atoms with Crippen LogP contribution in [0.3, 0.4) is 0 Å². The molecule has 1 aliphatic heterocycles. The topological polar surface area (TPSA) is 62.3 Å². The molecule has 0 radical (unpaired) electrons. The molecule has 0 saturated carbocycles. The lowest BCUT2D eigenvalue weighted by Crippen LogP contribution is -2.45. The minimum atomic E-state index is -0.00241. The number of likely N-dealkylation sites (tertiary alicyclic amines) is 1. The van der Waals surface area contributed by atoms with Gasteiger partial charge in [-0.25, -0.2) is 4.98 Å². The monoisotopic (exact) mass is 411 g/mol. The summed E-state index contributed by atoms with van der Waals surface area (Å²) >= 11 is 1.57. The first-order valence-electron chi connectivity index (χ1n) is 10.2. The fourth-order valence-corrected chi connectivity index (χ4v) is 4.00. The van der Waals surface area contributed by atoms with Crippen molar-refractivity contribution in [3.8, 4) is 0 Å². The summed E-state index contributed by atoms with van der Waals surface area (Å²) in [7, 11) is 0. The normalized spacial score (nSPS) is 15.9. The van der Waals surface area contributed by atoms with Crippen molar-refractivity contribution >= 4 is 23.6 Å². The summed E-state index contributed by atoms with van der Waals surface area (Å²) in [5, 5.41) is 4.03. The van der Waals surface area contributed by atoms with Gasteiger partial charge in [-0.2, -0.15) is 0 Å². The third-order valence-electron chi connectivity index (χ3n) is 5.48. The van der Waals surface area contributed by atoms with Crippen LogP contribution in [0.4, 0.5) is 0 Å². The van der Waals surface area contributed by atoms with Gasteiger partial charge in [-0.3, -0.25) is 9.59 Å². The summed E-state index contributed by atoms with van der Waals surface area (Å²) in [6, 6.07) is 13.6. The van der Waals surface area contributed by atoms with Crippen LogP contribution in [-0.4, -0.2) is 40.8 Å². The largest absolute Gasteiger partial charge is 0.353 e. The van der Waals surface area contributed by atoms with Crippen LogP contribution in [0, 0.1) is 11.8 Å². The van der Waals surface area contributed by atoms with Crippen molar-refractivity contribution in [2.24, 2.45) is 11.8 Å². The smallest absolute Gasteiger partial charge is 0.253 e. The van der Waals surface area contributed by atoms with Crippen molar-refractivity contribution in [1.29, 1.82) is 0 Å². The van der Waals surface area contributed by atoms with Crippen LogP contribution in [0.25, 0.3) is 0 Å². The van der Waals surface area contributed by atoms with Gasteiger partial charge in [-0.05, 0) is 62.1 Å². The third-order valence-corrected chi connectivity index (χ3v) is 6.44. The maximum atomic E-state index is 12.8. The number of hydrogen-bond acceptors (Lipinski definition) is 4. The zero-order valence-electron chi connectivity index (χ0n) is 17.3.